The first kappa shape index (κ1) is 21.0. The van der Waals surface area contributed by atoms with Gasteiger partial charge in [0.2, 0.25) is 0 Å². The van der Waals surface area contributed by atoms with E-state index in [1.54, 1.807) is 0 Å². The van der Waals surface area contributed by atoms with Crippen LogP contribution in [0.25, 0.3) is 11.0 Å². The van der Waals surface area contributed by atoms with E-state index in [1.165, 1.54) is 11.8 Å². The monoisotopic (exact) mass is 470 g/mol. The molecule has 1 fully saturated rings. The van der Waals surface area contributed by atoms with Crippen molar-refractivity contribution in [1.29, 1.82) is 0 Å². The topological polar surface area (TPSA) is 44.0 Å². The molecule has 1 aliphatic heterocycles. The van der Waals surface area contributed by atoms with Crippen LogP contribution < -0.4 is 5.32 Å². The molecule has 2 aromatic rings. The van der Waals surface area contributed by atoms with E-state index in [9.17, 15) is 0 Å². The van der Waals surface area contributed by atoms with Gasteiger partial charge in [-0.25, -0.2) is 0 Å². The number of guanidine groups is 1. The zero-order valence-corrected chi connectivity index (χ0v) is 18.4. The first-order chi connectivity index (χ1) is 12.2. The van der Waals surface area contributed by atoms with Gasteiger partial charge in [0.1, 0.15) is 11.3 Å². The lowest BCUT2D eigenvalue weighted by atomic mass is 10.2. The number of rotatable bonds is 6. The number of halogens is 1. The van der Waals surface area contributed by atoms with Crippen molar-refractivity contribution in [3.05, 3.63) is 36.1 Å². The SMILES string of the molecule is CCN(CC)C1CCN(C(=NC)NCCc2cc3ccccc3o2)C1.I. The maximum atomic E-state index is 5.89. The lowest BCUT2D eigenvalue weighted by Gasteiger charge is -2.27. The molecule has 1 atom stereocenters. The van der Waals surface area contributed by atoms with Crippen LogP contribution in [-0.2, 0) is 6.42 Å². The second-order valence-electron chi connectivity index (χ2n) is 6.58. The van der Waals surface area contributed by atoms with Crippen LogP contribution >= 0.6 is 24.0 Å². The summed E-state index contributed by atoms with van der Waals surface area (Å²) >= 11 is 0. The normalized spacial score (nSPS) is 17.8. The summed E-state index contributed by atoms with van der Waals surface area (Å²) in [6, 6.07) is 10.9. The van der Waals surface area contributed by atoms with E-state index in [2.05, 4.69) is 46.1 Å². The average Bonchev–Trinajstić information content (AvgIpc) is 3.26. The quantitative estimate of drug-likeness (QED) is 0.398. The molecule has 1 saturated heterocycles. The summed E-state index contributed by atoms with van der Waals surface area (Å²) in [5.41, 5.74) is 0.962. The molecule has 0 saturated carbocycles. The van der Waals surface area contributed by atoms with Crippen LogP contribution in [-0.4, -0.2) is 61.6 Å². The first-order valence-corrected chi connectivity index (χ1v) is 9.42. The van der Waals surface area contributed by atoms with E-state index in [0.29, 0.717) is 6.04 Å². The van der Waals surface area contributed by atoms with Crippen molar-refractivity contribution < 1.29 is 4.42 Å². The summed E-state index contributed by atoms with van der Waals surface area (Å²) in [4.78, 5) is 9.39. The number of likely N-dealkylation sites (tertiary alicyclic amines) is 1. The number of likely N-dealkylation sites (N-methyl/N-ethyl adjacent to an activating group) is 1. The smallest absolute Gasteiger partial charge is 0.193 e. The molecule has 1 aromatic carbocycles. The fraction of sp³-hybridized carbons (Fsp3) is 0.550. The molecular weight excluding hydrogens is 439 g/mol. The van der Waals surface area contributed by atoms with Crippen LogP contribution in [0.3, 0.4) is 0 Å². The van der Waals surface area contributed by atoms with Crippen LogP contribution in [0.4, 0.5) is 0 Å². The predicted octanol–water partition coefficient (Wildman–Crippen LogP) is 3.58. The van der Waals surface area contributed by atoms with E-state index in [0.717, 1.165) is 56.4 Å². The van der Waals surface area contributed by atoms with E-state index in [-0.39, 0.29) is 24.0 Å². The molecule has 0 radical (unpaired) electrons. The minimum atomic E-state index is 0. The number of benzene rings is 1. The molecule has 1 aromatic heterocycles. The van der Waals surface area contributed by atoms with Crippen molar-refractivity contribution in [2.45, 2.75) is 32.7 Å². The number of hydrogen-bond acceptors (Lipinski definition) is 3. The summed E-state index contributed by atoms with van der Waals surface area (Å²) in [6.45, 7) is 9.69. The molecule has 0 bridgehead atoms. The highest BCUT2D eigenvalue weighted by Crippen LogP contribution is 2.19. The molecule has 26 heavy (non-hydrogen) atoms. The minimum Gasteiger partial charge on any atom is -0.461 e. The summed E-state index contributed by atoms with van der Waals surface area (Å²) in [5, 5.41) is 4.67. The van der Waals surface area contributed by atoms with Gasteiger partial charge in [0, 0.05) is 44.5 Å². The average molecular weight is 470 g/mol. The number of hydrogen-bond donors (Lipinski definition) is 1. The molecule has 5 nitrogen and oxygen atoms in total. The van der Waals surface area contributed by atoms with Gasteiger partial charge in [-0.15, -0.1) is 24.0 Å². The summed E-state index contributed by atoms with van der Waals surface area (Å²) in [5.74, 6) is 2.03. The van der Waals surface area contributed by atoms with Gasteiger partial charge in [-0.05, 0) is 31.6 Å². The van der Waals surface area contributed by atoms with Crippen molar-refractivity contribution in [2.75, 3.05) is 39.8 Å². The highest BCUT2D eigenvalue weighted by Gasteiger charge is 2.27. The standard InChI is InChI=1S/C20H30N4O.HI/c1-4-23(5-2)17-11-13-24(15-17)20(21-3)22-12-10-18-14-16-8-6-7-9-19(16)25-18;/h6-9,14,17H,4-5,10-13,15H2,1-3H3,(H,21,22);1H. The molecule has 1 aliphatic rings. The number of furan rings is 1. The van der Waals surface area contributed by atoms with Gasteiger partial charge >= 0.3 is 0 Å². The highest BCUT2D eigenvalue weighted by molar-refractivity contribution is 14.0. The molecule has 1 N–H and O–H groups in total. The van der Waals surface area contributed by atoms with Gasteiger partial charge in [-0.2, -0.15) is 0 Å². The van der Waals surface area contributed by atoms with Crippen LogP contribution in [0.5, 0.6) is 0 Å². The molecule has 0 aliphatic carbocycles. The Hall–Kier alpha value is -1.28. The summed E-state index contributed by atoms with van der Waals surface area (Å²) in [7, 11) is 1.87. The third kappa shape index (κ3) is 4.91. The highest BCUT2D eigenvalue weighted by atomic mass is 127. The molecule has 6 heteroatoms. The lowest BCUT2D eigenvalue weighted by molar-refractivity contribution is 0.223. The van der Waals surface area contributed by atoms with Gasteiger partial charge < -0.3 is 14.6 Å². The molecule has 2 heterocycles. The van der Waals surface area contributed by atoms with Gasteiger partial charge in [-0.1, -0.05) is 32.0 Å². The Labute approximate surface area is 173 Å². The van der Waals surface area contributed by atoms with Crippen molar-refractivity contribution in [1.82, 2.24) is 15.1 Å². The second kappa shape index (κ2) is 10.2. The first-order valence-electron chi connectivity index (χ1n) is 9.42. The van der Waals surface area contributed by atoms with Crippen molar-refractivity contribution in [3.63, 3.8) is 0 Å². The van der Waals surface area contributed by atoms with Gasteiger partial charge in [0.05, 0.1) is 0 Å². The Bertz CT molecular complexity index is 678. The second-order valence-corrected chi connectivity index (χ2v) is 6.58. The van der Waals surface area contributed by atoms with E-state index in [4.69, 9.17) is 4.42 Å². The van der Waals surface area contributed by atoms with Crippen molar-refractivity contribution >= 4 is 40.9 Å². The molecule has 0 amide bonds. The Morgan fingerprint density at radius 3 is 2.77 bits per heavy atom. The largest absolute Gasteiger partial charge is 0.461 e. The van der Waals surface area contributed by atoms with E-state index >= 15 is 0 Å². The van der Waals surface area contributed by atoms with E-state index in [1.807, 2.05) is 25.2 Å². The van der Waals surface area contributed by atoms with Gasteiger partial charge in [0.25, 0.3) is 0 Å². The van der Waals surface area contributed by atoms with Gasteiger partial charge in [-0.3, -0.25) is 9.89 Å². The van der Waals surface area contributed by atoms with Crippen LogP contribution in [0, 0.1) is 0 Å². The maximum absolute atomic E-state index is 5.89. The van der Waals surface area contributed by atoms with Crippen LogP contribution in [0.15, 0.2) is 39.7 Å². The molecule has 3 rings (SSSR count). The zero-order chi connectivity index (χ0) is 17.6. The van der Waals surface area contributed by atoms with Crippen LogP contribution in [0.1, 0.15) is 26.0 Å². The number of nitrogens with zero attached hydrogens (tertiary/aromatic N) is 3. The van der Waals surface area contributed by atoms with Gasteiger partial charge in [0.15, 0.2) is 5.96 Å². The third-order valence-corrected chi connectivity index (χ3v) is 5.13. The Balaban J connectivity index is 0.00000243. The van der Waals surface area contributed by atoms with Crippen molar-refractivity contribution in [3.8, 4) is 0 Å². The number of nitrogens with one attached hydrogen (secondary N) is 1. The van der Waals surface area contributed by atoms with Crippen LogP contribution in [0.2, 0.25) is 0 Å². The fourth-order valence-corrected chi connectivity index (χ4v) is 3.76. The number of para-hydroxylation sites is 1. The molecule has 0 spiro atoms. The molecule has 1 unspecified atom stereocenters. The van der Waals surface area contributed by atoms with E-state index < -0.39 is 0 Å². The minimum absolute atomic E-state index is 0. The van der Waals surface area contributed by atoms with Crippen molar-refractivity contribution in [2.24, 2.45) is 4.99 Å². The lowest BCUT2D eigenvalue weighted by Crippen LogP contribution is -2.43. The zero-order valence-electron chi connectivity index (χ0n) is 16.1. The predicted molar refractivity (Wildman–Crippen MR) is 120 cm³/mol. The fourth-order valence-electron chi connectivity index (χ4n) is 3.76. The number of aliphatic imine (C=N–C) groups is 1. The third-order valence-electron chi connectivity index (χ3n) is 5.13. The molecule has 144 valence electrons. The number of fused-ring (bicyclic) bond motifs is 1. The maximum Gasteiger partial charge on any atom is 0.193 e. The Morgan fingerprint density at radius 2 is 2.08 bits per heavy atom. The summed E-state index contributed by atoms with van der Waals surface area (Å²) < 4.78 is 5.89. The Morgan fingerprint density at radius 1 is 1.31 bits per heavy atom. The molecular formula is C20H31IN4O. The summed E-state index contributed by atoms with van der Waals surface area (Å²) in [6.07, 6.45) is 2.08. The Kier molecular flexibility index (Phi) is 8.21.